The fraction of sp³-hybridized carbons (Fsp3) is 0.200. The number of benzene rings is 3. The van der Waals surface area contributed by atoms with Crippen molar-refractivity contribution in [3.63, 3.8) is 0 Å². The highest BCUT2D eigenvalue weighted by Crippen LogP contribution is 2.39. The number of sulfonamides is 1. The third-order valence-corrected chi connectivity index (χ3v) is 7.36. The lowest BCUT2D eigenvalue weighted by molar-refractivity contribution is -0.128. The number of urea groups is 1. The Bertz CT molecular complexity index is 1440. The second-order valence-corrected chi connectivity index (χ2v) is 10.8. The SMILES string of the molecule is NS(=O)(=O)c1ccccc1-c1ccc(NC(=O)C2(NC(=O)Nc3ccc(Cl)cc3)CC(CO)C2)c(F)c1. The maximum Gasteiger partial charge on any atom is 0.320 e. The standard InChI is InChI=1S/C25H24ClFN4O5S/c26-17-6-8-18(9-7-17)29-24(34)31-25(12-15(13-25)14-32)23(33)30-21-10-5-16(11-20(21)27)19-3-1-2-4-22(19)37(28,35)36/h1-11,15,32H,12-14H2,(H,30,33)(H2,28,35,36)(H2,29,31,34). The Labute approximate surface area is 217 Å². The topological polar surface area (TPSA) is 151 Å². The summed E-state index contributed by atoms with van der Waals surface area (Å²) in [5.41, 5.74) is -0.608. The van der Waals surface area contributed by atoms with Crippen LogP contribution < -0.4 is 21.1 Å². The van der Waals surface area contributed by atoms with E-state index in [9.17, 15) is 23.1 Å². The van der Waals surface area contributed by atoms with E-state index in [0.717, 1.165) is 6.07 Å². The van der Waals surface area contributed by atoms with E-state index < -0.39 is 33.3 Å². The predicted molar refractivity (Wildman–Crippen MR) is 138 cm³/mol. The van der Waals surface area contributed by atoms with E-state index in [1.807, 2.05) is 0 Å². The molecule has 3 amide bonds. The van der Waals surface area contributed by atoms with E-state index >= 15 is 4.39 Å². The van der Waals surface area contributed by atoms with Crippen molar-refractivity contribution in [3.05, 3.63) is 77.6 Å². The van der Waals surface area contributed by atoms with E-state index in [-0.39, 0.29) is 47.1 Å². The van der Waals surface area contributed by atoms with Gasteiger partial charge in [-0.2, -0.15) is 0 Å². The van der Waals surface area contributed by atoms with Crippen LogP contribution in [0.15, 0.2) is 71.6 Å². The Morgan fingerprint density at radius 1 is 1.05 bits per heavy atom. The lowest BCUT2D eigenvalue weighted by Crippen LogP contribution is -2.65. The average molecular weight is 547 g/mol. The van der Waals surface area contributed by atoms with Gasteiger partial charge in [-0.15, -0.1) is 0 Å². The van der Waals surface area contributed by atoms with Gasteiger partial charge in [-0.05, 0) is 66.8 Å². The molecule has 1 saturated carbocycles. The number of rotatable bonds is 7. The van der Waals surface area contributed by atoms with Crippen LogP contribution in [-0.2, 0) is 14.8 Å². The van der Waals surface area contributed by atoms with Gasteiger partial charge in [-0.3, -0.25) is 4.79 Å². The zero-order chi connectivity index (χ0) is 26.8. The molecule has 0 saturated heterocycles. The van der Waals surface area contributed by atoms with Crippen LogP contribution in [0.2, 0.25) is 5.02 Å². The van der Waals surface area contributed by atoms with Gasteiger partial charge in [-0.1, -0.05) is 35.9 Å². The summed E-state index contributed by atoms with van der Waals surface area (Å²) in [4.78, 5) is 25.6. The fourth-order valence-electron chi connectivity index (χ4n) is 4.29. The van der Waals surface area contributed by atoms with Gasteiger partial charge in [0.1, 0.15) is 11.4 Å². The van der Waals surface area contributed by atoms with Crippen LogP contribution in [0.3, 0.4) is 0 Å². The van der Waals surface area contributed by atoms with E-state index in [1.54, 1.807) is 30.3 Å². The summed E-state index contributed by atoms with van der Waals surface area (Å²) >= 11 is 5.85. The number of carbonyl (C=O) groups is 2. The molecular weight excluding hydrogens is 523 g/mol. The molecule has 0 unspecified atom stereocenters. The van der Waals surface area contributed by atoms with E-state index in [1.165, 1.54) is 30.3 Å². The average Bonchev–Trinajstić information content (AvgIpc) is 2.83. The van der Waals surface area contributed by atoms with Crippen molar-refractivity contribution < 1.29 is 27.5 Å². The first kappa shape index (κ1) is 26.6. The molecule has 4 rings (SSSR count). The summed E-state index contributed by atoms with van der Waals surface area (Å²) in [7, 11) is -4.05. The second-order valence-electron chi connectivity index (χ2n) is 8.81. The van der Waals surface area contributed by atoms with E-state index in [0.29, 0.717) is 10.7 Å². The number of halogens is 2. The molecule has 3 aromatic rings. The largest absolute Gasteiger partial charge is 0.396 e. The quantitative estimate of drug-likeness (QED) is 0.306. The molecule has 0 bridgehead atoms. The van der Waals surface area contributed by atoms with Crippen LogP contribution in [0.25, 0.3) is 11.1 Å². The van der Waals surface area contributed by atoms with Crippen molar-refractivity contribution in [1.29, 1.82) is 0 Å². The van der Waals surface area contributed by atoms with Crippen molar-refractivity contribution in [2.45, 2.75) is 23.3 Å². The van der Waals surface area contributed by atoms with E-state index in [2.05, 4.69) is 16.0 Å². The minimum atomic E-state index is -4.05. The molecule has 0 spiro atoms. The molecule has 6 N–H and O–H groups in total. The highest BCUT2D eigenvalue weighted by molar-refractivity contribution is 7.89. The van der Waals surface area contributed by atoms with Gasteiger partial charge in [0.2, 0.25) is 15.9 Å². The molecule has 0 heterocycles. The summed E-state index contributed by atoms with van der Waals surface area (Å²) in [5, 5.41) is 23.0. The lowest BCUT2D eigenvalue weighted by atomic mass is 9.68. The monoisotopic (exact) mass is 546 g/mol. The zero-order valence-electron chi connectivity index (χ0n) is 19.4. The number of anilines is 2. The van der Waals surface area contributed by atoms with Gasteiger partial charge in [0, 0.05) is 22.9 Å². The number of amides is 3. The summed E-state index contributed by atoms with van der Waals surface area (Å²) in [6, 6.07) is 15.5. The molecule has 9 nitrogen and oxygen atoms in total. The van der Waals surface area contributed by atoms with Crippen LogP contribution in [-0.4, -0.2) is 37.6 Å². The van der Waals surface area contributed by atoms with Gasteiger partial charge >= 0.3 is 6.03 Å². The Kier molecular flexibility index (Phi) is 7.51. The number of aliphatic hydroxyl groups excluding tert-OH is 1. The van der Waals surface area contributed by atoms with Crippen molar-refractivity contribution in [2.24, 2.45) is 11.1 Å². The molecule has 1 aliphatic carbocycles. The maximum atomic E-state index is 15.0. The number of hydrogen-bond acceptors (Lipinski definition) is 5. The minimum Gasteiger partial charge on any atom is -0.396 e. The first-order chi connectivity index (χ1) is 17.5. The smallest absolute Gasteiger partial charge is 0.320 e. The van der Waals surface area contributed by atoms with Gasteiger partial charge < -0.3 is 21.1 Å². The molecule has 1 aliphatic rings. The summed E-state index contributed by atoms with van der Waals surface area (Å²) in [5.74, 6) is -1.67. The third-order valence-electron chi connectivity index (χ3n) is 6.14. The minimum absolute atomic E-state index is 0.158. The van der Waals surface area contributed by atoms with Crippen LogP contribution in [0, 0.1) is 11.7 Å². The summed E-state index contributed by atoms with van der Waals surface area (Å²) < 4.78 is 38.8. The van der Waals surface area contributed by atoms with Crippen LogP contribution in [0.1, 0.15) is 12.8 Å². The summed E-state index contributed by atoms with van der Waals surface area (Å²) in [6.07, 6.45) is 0.315. The lowest BCUT2D eigenvalue weighted by Gasteiger charge is -2.45. The molecule has 0 atom stereocenters. The normalized spacial score (nSPS) is 19.0. The summed E-state index contributed by atoms with van der Waals surface area (Å²) in [6.45, 7) is -0.165. The highest BCUT2D eigenvalue weighted by atomic mass is 35.5. The molecular formula is C25H24ClFN4O5S. The number of nitrogens with two attached hydrogens (primary N) is 1. The van der Waals surface area contributed by atoms with Gasteiger partial charge in [-0.25, -0.2) is 22.7 Å². The number of hydrogen-bond donors (Lipinski definition) is 5. The number of aliphatic hydroxyl groups is 1. The Hall–Kier alpha value is -3.51. The first-order valence-electron chi connectivity index (χ1n) is 11.2. The van der Waals surface area contributed by atoms with Crippen LogP contribution in [0.4, 0.5) is 20.6 Å². The molecule has 3 aromatic carbocycles. The molecule has 194 valence electrons. The number of primary sulfonamides is 1. The van der Waals surface area contributed by atoms with Gasteiger partial charge in [0.05, 0.1) is 10.6 Å². The predicted octanol–water partition coefficient (Wildman–Crippen LogP) is 3.69. The van der Waals surface area contributed by atoms with Crippen molar-refractivity contribution >= 4 is 44.9 Å². The Balaban J connectivity index is 1.52. The molecule has 0 radical (unpaired) electrons. The maximum absolute atomic E-state index is 15.0. The van der Waals surface area contributed by atoms with E-state index in [4.69, 9.17) is 16.7 Å². The Morgan fingerprint density at radius 3 is 2.35 bits per heavy atom. The molecule has 37 heavy (non-hydrogen) atoms. The highest BCUT2D eigenvalue weighted by Gasteiger charge is 2.51. The zero-order valence-corrected chi connectivity index (χ0v) is 20.9. The van der Waals surface area contributed by atoms with Crippen molar-refractivity contribution in [2.75, 3.05) is 17.2 Å². The number of carbonyl (C=O) groups excluding carboxylic acids is 2. The van der Waals surface area contributed by atoms with Crippen molar-refractivity contribution in [3.8, 4) is 11.1 Å². The van der Waals surface area contributed by atoms with Crippen LogP contribution in [0.5, 0.6) is 0 Å². The Morgan fingerprint density at radius 2 is 1.73 bits per heavy atom. The number of nitrogens with one attached hydrogen (secondary N) is 3. The van der Waals surface area contributed by atoms with Crippen molar-refractivity contribution in [1.82, 2.24) is 5.32 Å². The first-order valence-corrected chi connectivity index (χ1v) is 13.1. The third kappa shape index (κ3) is 5.91. The van der Waals surface area contributed by atoms with Crippen LogP contribution >= 0.6 is 11.6 Å². The molecule has 0 aliphatic heterocycles. The van der Waals surface area contributed by atoms with Gasteiger partial charge in [0.15, 0.2) is 0 Å². The molecule has 1 fully saturated rings. The van der Waals surface area contributed by atoms with Gasteiger partial charge in [0.25, 0.3) is 0 Å². The molecule has 12 heteroatoms. The molecule has 0 aromatic heterocycles. The second kappa shape index (κ2) is 10.5. The fourth-order valence-corrected chi connectivity index (χ4v) is 5.18.